The molecule has 0 unspecified atom stereocenters. The van der Waals surface area contributed by atoms with Gasteiger partial charge in [-0.1, -0.05) is 50.2 Å². The normalized spacial score (nSPS) is 16.2. The Bertz CT molecular complexity index is 1580. The molecule has 1 saturated heterocycles. The Kier molecular flexibility index (Phi) is 8.24. The Morgan fingerprint density at radius 2 is 1.66 bits per heavy atom. The second-order valence-corrected chi connectivity index (χ2v) is 11.6. The molecule has 5 rings (SSSR count). The first-order chi connectivity index (χ1) is 19.6. The lowest BCUT2D eigenvalue weighted by molar-refractivity contribution is -0.136. The average molecular weight is 561 g/mol. The summed E-state index contributed by atoms with van der Waals surface area (Å²) in [5, 5.41) is 0. The molecule has 0 saturated carbocycles. The summed E-state index contributed by atoms with van der Waals surface area (Å²) in [5.41, 5.74) is 2.15. The molecule has 3 heterocycles. The lowest BCUT2D eigenvalue weighted by Gasteiger charge is -2.38. The summed E-state index contributed by atoms with van der Waals surface area (Å²) >= 11 is 0. The zero-order chi connectivity index (χ0) is 29.3. The fraction of sp³-hybridized carbons (Fsp3) is 0.438. The molecule has 0 N–H and O–H groups in total. The second kappa shape index (κ2) is 11.8. The molecular weight excluding hydrogens is 523 g/mol. The van der Waals surface area contributed by atoms with Gasteiger partial charge >= 0.3 is 5.69 Å². The van der Waals surface area contributed by atoms with Crippen LogP contribution in [0.15, 0.2) is 58.3 Å². The molecule has 2 aliphatic rings. The van der Waals surface area contributed by atoms with Gasteiger partial charge in [-0.15, -0.1) is 0 Å². The minimum atomic E-state index is -0.556. The number of hydrogen-bond acceptors (Lipinski definition) is 4. The molecule has 2 amide bonds. The van der Waals surface area contributed by atoms with Gasteiger partial charge in [0.1, 0.15) is 12.4 Å². The van der Waals surface area contributed by atoms with Crippen LogP contribution in [0.3, 0.4) is 0 Å². The van der Waals surface area contributed by atoms with Crippen LogP contribution in [0.2, 0.25) is 0 Å². The van der Waals surface area contributed by atoms with Crippen LogP contribution in [0.25, 0.3) is 11.1 Å². The predicted octanol–water partition coefficient (Wildman–Crippen LogP) is 3.40. The Hall–Kier alpha value is -4.01. The first kappa shape index (κ1) is 28.5. The molecule has 9 heteroatoms. The fourth-order valence-corrected chi connectivity index (χ4v) is 6.04. The van der Waals surface area contributed by atoms with Gasteiger partial charge in [0, 0.05) is 38.4 Å². The molecule has 2 aliphatic heterocycles. The third kappa shape index (κ3) is 5.89. The van der Waals surface area contributed by atoms with Crippen molar-refractivity contribution in [1.82, 2.24) is 18.9 Å². The fourth-order valence-electron chi connectivity index (χ4n) is 6.04. The van der Waals surface area contributed by atoms with Gasteiger partial charge in [-0.05, 0) is 60.4 Å². The number of carbonyl (C=O) groups is 2. The van der Waals surface area contributed by atoms with Gasteiger partial charge in [-0.25, -0.2) is 9.18 Å². The molecule has 2 aromatic carbocycles. The van der Waals surface area contributed by atoms with E-state index in [-0.39, 0.29) is 42.4 Å². The van der Waals surface area contributed by atoms with E-state index >= 15 is 0 Å². The number of aromatic nitrogens is 2. The Labute approximate surface area is 239 Å². The highest BCUT2D eigenvalue weighted by molar-refractivity contribution is 5.80. The van der Waals surface area contributed by atoms with Crippen LogP contribution >= 0.6 is 0 Å². The number of nitrogens with zero attached hydrogens (tertiary/aromatic N) is 4. The lowest BCUT2D eigenvalue weighted by Crippen LogP contribution is -2.50. The predicted molar refractivity (Wildman–Crippen MR) is 155 cm³/mol. The Morgan fingerprint density at radius 1 is 0.951 bits per heavy atom. The van der Waals surface area contributed by atoms with Crippen molar-refractivity contribution in [2.75, 3.05) is 19.6 Å². The summed E-state index contributed by atoms with van der Waals surface area (Å²) in [4.78, 5) is 56.8. The van der Waals surface area contributed by atoms with Crippen molar-refractivity contribution < 1.29 is 14.0 Å². The molecule has 41 heavy (non-hydrogen) atoms. The quantitative estimate of drug-likeness (QED) is 0.463. The summed E-state index contributed by atoms with van der Waals surface area (Å²) in [5.74, 6) is -0.529. The lowest BCUT2D eigenvalue weighted by atomic mass is 10.0. The highest BCUT2D eigenvalue weighted by Crippen LogP contribution is 2.24. The first-order valence-electron chi connectivity index (χ1n) is 14.4. The second-order valence-electron chi connectivity index (χ2n) is 11.6. The molecule has 1 aromatic heterocycles. The molecule has 3 aromatic rings. The molecule has 216 valence electrons. The van der Waals surface area contributed by atoms with E-state index in [9.17, 15) is 23.6 Å². The van der Waals surface area contributed by atoms with Gasteiger partial charge in [0.2, 0.25) is 11.8 Å². The van der Waals surface area contributed by atoms with Crippen LogP contribution in [0.1, 0.15) is 43.4 Å². The number of benzene rings is 2. The summed E-state index contributed by atoms with van der Waals surface area (Å²) in [7, 11) is 0. The van der Waals surface area contributed by atoms with Crippen LogP contribution in [0.5, 0.6) is 0 Å². The van der Waals surface area contributed by atoms with E-state index in [1.54, 1.807) is 17.9 Å². The number of rotatable bonds is 6. The van der Waals surface area contributed by atoms with Gasteiger partial charge < -0.3 is 9.80 Å². The summed E-state index contributed by atoms with van der Waals surface area (Å²) in [6.07, 6.45) is 3.95. The van der Waals surface area contributed by atoms with Gasteiger partial charge in [-0.2, -0.15) is 0 Å². The highest BCUT2D eigenvalue weighted by atomic mass is 19.1. The summed E-state index contributed by atoms with van der Waals surface area (Å²) in [6, 6.07) is 12.7. The Balaban J connectivity index is 1.33. The van der Waals surface area contributed by atoms with Crippen molar-refractivity contribution in [3.63, 3.8) is 0 Å². The van der Waals surface area contributed by atoms with Gasteiger partial charge in [0.15, 0.2) is 0 Å². The third-order valence-corrected chi connectivity index (χ3v) is 8.31. The van der Waals surface area contributed by atoms with Crippen molar-refractivity contribution >= 4 is 11.8 Å². The molecule has 0 spiro atoms. The molecule has 0 radical (unpaired) electrons. The maximum atomic E-state index is 14.4. The first-order valence-corrected chi connectivity index (χ1v) is 14.4. The smallest absolute Gasteiger partial charge is 0.331 e. The Morgan fingerprint density at radius 3 is 2.37 bits per heavy atom. The summed E-state index contributed by atoms with van der Waals surface area (Å²) < 4.78 is 16.8. The monoisotopic (exact) mass is 560 g/mol. The third-order valence-electron chi connectivity index (χ3n) is 8.31. The molecule has 0 aliphatic carbocycles. The van der Waals surface area contributed by atoms with E-state index in [0.29, 0.717) is 50.0 Å². The van der Waals surface area contributed by atoms with Crippen LogP contribution in [-0.4, -0.2) is 56.4 Å². The largest absolute Gasteiger partial charge is 0.341 e. The van der Waals surface area contributed by atoms with Crippen molar-refractivity contribution in [2.45, 2.75) is 65.6 Å². The molecule has 0 atom stereocenters. The van der Waals surface area contributed by atoms with Crippen LogP contribution in [0.4, 0.5) is 4.39 Å². The van der Waals surface area contributed by atoms with Crippen LogP contribution in [-0.2, 0) is 35.5 Å². The van der Waals surface area contributed by atoms with Gasteiger partial charge in [-0.3, -0.25) is 23.5 Å². The maximum absolute atomic E-state index is 14.4. The SMILES string of the molecule is Cc1c(F)cccc1-c1cn(CC(=O)N2CCC(N3CCc4ccccc4CC3=O)CC2)c(=O)n(CC(C)C)c1=O. The molecule has 1 fully saturated rings. The van der Waals surface area contributed by atoms with Crippen LogP contribution in [0, 0.1) is 18.7 Å². The van der Waals surface area contributed by atoms with E-state index in [0.717, 1.165) is 16.6 Å². The molecular formula is C32H37FN4O4. The van der Waals surface area contributed by atoms with Gasteiger partial charge in [0.25, 0.3) is 5.56 Å². The van der Waals surface area contributed by atoms with Crippen molar-refractivity contribution in [3.05, 3.63) is 92.0 Å². The number of amides is 2. The van der Waals surface area contributed by atoms with Crippen molar-refractivity contribution in [2.24, 2.45) is 5.92 Å². The topological polar surface area (TPSA) is 84.6 Å². The molecule has 0 bridgehead atoms. The molecule has 8 nitrogen and oxygen atoms in total. The number of piperidine rings is 1. The van der Waals surface area contributed by atoms with E-state index in [1.165, 1.54) is 28.5 Å². The number of carbonyl (C=O) groups excluding carboxylic acids is 2. The number of fused-ring (bicyclic) bond motifs is 1. The number of halogens is 1. The zero-order valence-electron chi connectivity index (χ0n) is 23.9. The standard InChI is InChI=1S/C32H37FN4O4/c1-21(2)18-37-31(40)27(26-9-6-10-28(33)22(26)3)19-35(32(37)41)20-30(39)34-14-12-25(13-15-34)36-16-11-23-7-4-5-8-24(23)17-29(36)38/h4-10,19,21,25H,11-18,20H2,1-3H3. The summed E-state index contributed by atoms with van der Waals surface area (Å²) in [6.45, 7) is 7.00. The van der Waals surface area contributed by atoms with Crippen molar-refractivity contribution in [3.8, 4) is 11.1 Å². The average Bonchev–Trinajstić information content (AvgIpc) is 3.12. The van der Waals surface area contributed by atoms with Crippen LogP contribution < -0.4 is 11.2 Å². The van der Waals surface area contributed by atoms with E-state index in [2.05, 4.69) is 6.07 Å². The van der Waals surface area contributed by atoms with E-state index in [1.807, 2.05) is 36.9 Å². The van der Waals surface area contributed by atoms with Gasteiger partial charge in [0.05, 0.1) is 12.0 Å². The highest BCUT2D eigenvalue weighted by Gasteiger charge is 2.31. The van der Waals surface area contributed by atoms with Crippen molar-refractivity contribution in [1.29, 1.82) is 0 Å². The van der Waals surface area contributed by atoms with E-state index < -0.39 is 17.1 Å². The maximum Gasteiger partial charge on any atom is 0.331 e. The number of likely N-dealkylation sites (tertiary alicyclic amines) is 1. The minimum Gasteiger partial charge on any atom is -0.341 e. The zero-order valence-corrected chi connectivity index (χ0v) is 23.9. The minimum absolute atomic E-state index is 0.0157. The number of hydrogen-bond donors (Lipinski definition) is 0. The van der Waals surface area contributed by atoms with E-state index in [4.69, 9.17) is 0 Å².